The minimum absolute atomic E-state index is 0.164. The second kappa shape index (κ2) is 16.5. The Morgan fingerprint density at radius 1 is 0.974 bits per heavy atom. The van der Waals surface area contributed by atoms with Crippen molar-refractivity contribution in [1.82, 2.24) is 9.55 Å². The highest BCUT2D eigenvalue weighted by Crippen LogP contribution is 2.28. The van der Waals surface area contributed by atoms with Gasteiger partial charge in [-0.1, -0.05) is 45.7 Å². The quantitative estimate of drug-likeness (QED) is 0.364. The number of fused-ring (bicyclic) bond motifs is 1. The lowest BCUT2D eigenvalue weighted by molar-refractivity contribution is -0.106. The average molecular weight is 524 g/mol. The normalized spacial score (nSPS) is 16.4. The molecule has 0 unspecified atom stereocenters. The molecule has 1 fully saturated rings. The van der Waals surface area contributed by atoms with E-state index in [-0.39, 0.29) is 11.2 Å². The number of carbonyl (C=O) groups is 1. The van der Waals surface area contributed by atoms with Crippen molar-refractivity contribution in [2.45, 2.75) is 72.8 Å². The second-order valence-corrected chi connectivity index (χ2v) is 9.94. The number of hydrogen-bond donors (Lipinski definition) is 1. The number of carbonyl (C=O) groups excluding carboxylic acids is 1. The summed E-state index contributed by atoms with van der Waals surface area (Å²) in [7, 11) is 1.70. The van der Waals surface area contributed by atoms with Crippen LogP contribution in [0.25, 0.3) is 10.9 Å². The third-order valence-corrected chi connectivity index (χ3v) is 6.89. The first-order chi connectivity index (χ1) is 18.4. The Bertz CT molecular complexity index is 1200. The number of aromatic nitrogens is 2. The first-order valence-corrected chi connectivity index (χ1v) is 13.9. The number of anilines is 1. The van der Waals surface area contributed by atoms with Gasteiger partial charge in [-0.2, -0.15) is 0 Å². The first-order valence-electron chi connectivity index (χ1n) is 13.9. The zero-order chi connectivity index (χ0) is 27.9. The maximum atomic E-state index is 12.4. The minimum Gasteiger partial charge on any atom is -0.497 e. The van der Waals surface area contributed by atoms with Crippen LogP contribution in [0.1, 0.15) is 66.2 Å². The van der Waals surface area contributed by atoms with Gasteiger partial charge in [-0.3, -0.25) is 9.36 Å². The van der Waals surface area contributed by atoms with Crippen LogP contribution in [-0.2, 0) is 11.3 Å². The molecule has 7 heteroatoms. The minimum atomic E-state index is -0.285. The third-order valence-electron chi connectivity index (χ3n) is 6.89. The number of para-hydroxylation sites is 1. The van der Waals surface area contributed by atoms with Crippen molar-refractivity contribution in [3.8, 4) is 5.75 Å². The molecular formula is C31H45N3O4. The van der Waals surface area contributed by atoms with Crippen molar-refractivity contribution >= 4 is 22.9 Å². The van der Waals surface area contributed by atoms with E-state index < -0.39 is 0 Å². The molecular weight excluding hydrogens is 478 g/mol. The van der Waals surface area contributed by atoms with E-state index in [0.29, 0.717) is 23.4 Å². The van der Waals surface area contributed by atoms with Crippen LogP contribution in [0.2, 0.25) is 0 Å². The van der Waals surface area contributed by atoms with Gasteiger partial charge in [0.05, 0.1) is 18.0 Å². The number of aldehydes is 1. The fraction of sp³-hybridized carbons (Fsp3) is 0.516. The highest BCUT2D eigenvalue weighted by molar-refractivity contribution is 5.76. The van der Waals surface area contributed by atoms with Crippen LogP contribution in [-0.4, -0.2) is 36.0 Å². The maximum absolute atomic E-state index is 12.4. The molecule has 0 aliphatic heterocycles. The topological polar surface area (TPSA) is 84.4 Å². The Morgan fingerprint density at radius 2 is 1.55 bits per heavy atom. The summed E-state index contributed by atoms with van der Waals surface area (Å²) in [5, 5.41) is 0.594. The van der Waals surface area contributed by atoms with Crippen molar-refractivity contribution in [3.63, 3.8) is 0 Å². The van der Waals surface area contributed by atoms with Gasteiger partial charge in [-0.15, -0.1) is 0 Å². The van der Waals surface area contributed by atoms with Gasteiger partial charge in [0.2, 0.25) is 0 Å². The van der Waals surface area contributed by atoms with Gasteiger partial charge < -0.3 is 19.4 Å². The molecule has 1 aliphatic carbocycles. The van der Waals surface area contributed by atoms with Gasteiger partial charge in [0.15, 0.2) is 0 Å². The molecule has 4 rings (SSSR count). The van der Waals surface area contributed by atoms with Gasteiger partial charge in [-0.25, -0.2) is 4.79 Å². The summed E-state index contributed by atoms with van der Waals surface area (Å²) < 4.78 is 6.53. The van der Waals surface area contributed by atoms with Crippen molar-refractivity contribution in [1.29, 1.82) is 0 Å². The molecule has 1 saturated carbocycles. The predicted octanol–water partition coefficient (Wildman–Crippen LogP) is 6.04. The number of nitrogens with zero attached hydrogens (tertiary/aromatic N) is 2. The number of rotatable bonds is 8. The van der Waals surface area contributed by atoms with Gasteiger partial charge in [0.1, 0.15) is 12.0 Å². The number of methoxy groups -OCH3 is 1. The Morgan fingerprint density at radius 3 is 2.11 bits per heavy atom. The Balaban J connectivity index is 0.000000251. The molecule has 0 spiro atoms. The molecule has 7 nitrogen and oxygen atoms in total. The maximum Gasteiger partial charge on any atom is 0.328 e. The van der Waals surface area contributed by atoms with Crippen LogP contribution in [0.15, 0.2) is 58.1 Å². The molecule has 0 atom stereocenters. The lowest BCUT2D eigenvalue weighted by Gasteiger charge is -2.26. The van der Waals surface area contributed by atoms with Crippen molar-refractivity contribution in [2.24, 2.45) is 11.8 Å². The van der Waals surface area contributed by atoms with E-state index in [9.17, 15) is 9.59 Å². The molecule has 1 aliphatic rings. The molecule has 2 aromatic carbocycles. The summed E-state index contributed by atoms with van der Waals surface area (Å²) in [4.78, 5) is 38.6. The van der Waals surface area contributed by atoms with Gasteiger partial charge >= 0.3 is 5.69 Å². The molecule has 208 valence electrons. The molecule has 0 radical (unpaired) electrons. The van der Waals surface area contributed by atoms with Crippen molar-refractivity contribution in [2.75, 3.05) is 25.1 Å². The summed E-state index contributed by atoms with van der Waals surface area (Å²) >= 11 is 0. The van der Waals surface area contributed by atoms with Crippen LogP contribution < -0.4 is 20.9 Å². The fourth-order valence-corrected chi connectivity index (χ4v) is 4.84. The van der Waals surface area contributed by atoms with Gasteiger partial charge in [-0.05, 0) is 80.8 Å². The number of benzene rings is 2. The summed E-state index contributed by atoms with van der Waals surface area (Å²) in [6.45, 7) is 10.9. The lowest BCUT2D eigenvalue weighted by Crippen LogP contribution is -2.37. The van der Waals surface area contributed by atoms with E-state index >= 15 is 0 Å². The fourth-order valence-electron chi connectivity index (χ4n) is 4.84. The van der Waals surface area contributed by atoms with Crippen LogP contribution in [0, 0.1) is 11.8 Å². The monoisotopic (exact) mass is 523 g/mol. The number of H-pyrrole nitrogens is 1. The van der Waals surface area contributed by atoms with Crippen molar-refractivity contribution < 1.29 is 9.53 Å². The van der Waals surface area contributed by atoms with Crippen LogP contribution in [0.5, 0.6) is 5.75 Å². The Kier molecular flexibility index (Phi) is 13.4. The van der Waals surface area contributed by atoms with Crippen LogP contribution in [0.3, 0.4) is 0 Å². The standard InChI is InChI=1S/C16H20N2O2.C13H21NO.C2H4O/c1-11-6-8-12(9-7-11)10-18-15(19)13-4-2-3-5-14(13)17-16(18)20;1-4-10-14(11-5-2)12-6-8-13(15-3)9-7-12;1-2-3/h2-5,11-12H,6-10H2,1H3,(H,17,20);6-9H,4-5,10-11H2,1-3H3;2H,1H3. The molecule has 3 aromatic rings. The summed E-state index contributed by atoms with van der Waals surface area (Å²) in [5.74, 6) is 2.15. The number of ether oxygens (including phenoxy) is 1. The zero-order valence-electron chi connectivity index (χ0n) is 23.7. The molecule has 0 amide bonds. The van der Waals surface area contributed by atoms with E-state index in [2.05, 4.69) is 42.8 Å². The number of nitrogens with one attached hydrogen (secondary N) is 1. The summed E-state index contributed by atoms with van der Waals surface area (Å²) in [6, 6.07) is 15.5. The molecule has 0 bridgehead atoms. The largest absolute Gasteiger partial charge is 0.497 e. The molecule has 1 heterocycles. The average Bonchev–Trinajstić information content (AvgIpc) is 2.93. The Hall–Kier alpha value is -3.35. The van der Waals surface area contributed by atoms with E-state index in [1.807, 2.05) is 24.3 Å². The van der Waals surface area contributed by atoms with Crippen molar-refractivity contribution in [3.05, 3.63) is 69.4 Å². The van der Waals surface area contributed by atoms with Gasteiger partial charge in [0, 0.05) is 25.3 Å². The smallest absolute Gasteiger partial charge is 0.328 e. The third kappa shape index (κ3) is 9.19. The zero-order valence-corrected chi connectivity index (χ0v) is 23.7. The molecule has 1 aromatic heterocycles. The van der Waals surface area contributed by atoms with Crippen LogP contribution in [0.4, 0.5) is 5.69 Å². The number of hydrogen-bond acceptors (Lipinski definition) is 5. The molecule has 38 heavy (non-hydrogen) atoms. The SMILES string of the molecule is CC1CCC(Cn2c(=O)[nH]c3ccccc3c2=O)CC1.CC=O.CCCN(CCC)c1ccc(OC)cc1. The first kappa shape index (κ1) is 30.9. The second-order valence-electron chi connectivity index (χ2n) is 9.94. The van der Waals surface area contributed by atoms with Gasteiger partial charge in [0.25, 0.3) is 5.56 Å². The lowest BCUT2D eigenvalue weighted by atomic mass is 9.83. The van der Waals surface area contributed by atoms with E-state index in [1.165, 1.54) is 42.9 Å². The van der Waals surface area contributed by atoms with E-state index in [1.54, 1.807) is 19.2 Å². The van der Waals surface area contributed by atoms with E-state index in [4.69, 9.17) is 9.53 Å². The molecule has 1 N–H and O–H groups in total. The summed E-state index contributed by atoms with van der Waals surface area (Å²) in [5.41, 5.74) is 1.46. The summed E-state index contributed by atoms with van der Waals surface area (Å²) in [6.07, 6.45) is 7.74. The number of aromatic amines is 1. The molecule has 0 saturated heterocycles. The highest BCUT2D eigenvalue weighted by atomic mass is 16.5. The van der Waals surface area contributed by atoms with E-state index in [0.717, 1.165) is 43.9 Å². The Labute approximate surface area is 226 Å². The van der Waals surface area contributed by atoms with Crippen LogP contribution >= 0.6 is 0 Å². The highest BCUT2D eigenvalue weighted by Gasteiger charge is 2.20. The predicted molar refractivity (Wildman–Crippen MR) is 157 cm³/mol.